The first-order chi connectivity index (χ1) is 19.7. The Balaban J connectivity index is 2.09. The molecule has 11 heteroatoms. The second kappa shape index (κ2) is 14.7. The predicted molar refractivity (Wildman–Crippen MR) is 160 cm³/mol. The predicted octanol–water partition coefficient (Wildman–Crippen LogP) is 4.89. The molecule has 2 amide bonds. The number of rotatable bonds is 14. The average Bonchev–Trinajstić information content (AvgIpc) is 2.99. The van der Waals surface area contributed by atoms with Crippen molar-refractivity contribution in [2.24, 2.45) is 0 Å². The van der Waals surface area contributed by atoms with Gasteiger partial charge in [-0.3, -0.25) is 13.9 Å². The van der Waals surface area contributed by atoms with Crippen molar-refractivity contribution in [3.05, 3.63) is 83.4 Å². The van der Waals surface area contributed by atoms with E-state index in [0.717, 1.165) is 16.3 Å². The molecule has 220 valence electrons. The fraction of sp³-hybridized carbons (Fsp3) is 0.333. The van der Waals surface area contributed by atoms with Crippen LogP contribution in [0.3, 0.4) is 0 Å². The van der Waals surface area contributed by atoms with Gasteiger partial charge in [0.1, 0.15) is 12.6 Å². The molecule has 3 aromatic rings. The molecule has 0 fully saturated rings. The van der Waals surface area contributed by atoms with Crippen molar-refractivity contribution in [1.82, 2.24) is 10.2 Å². The summed E-state index contributed by atoms with van der Waals surface area (Å²) in [6.07, 6.45) is 1.06. The van der Waals surface area contributed by atoms with Gasteiger partial charge in [0.05, 0.1) is 24.8 Å². The minimum atomic E-state index is -4.20. The number of nitrogens with one attached hydrogen (secondary N) is 1. The van der Waals surface area contributed by atoms with Crippen LogP contribution < -0.4 is 19.1 Å². The van der Waals surface area contributed by atoms with Gasteiger partial charge >= 0.3 is 0 Å². The summed E-state index contributed by atoms with van der Waals surface area (Å²) in [6.45, 7) is 3.73. The molecule has 3 aromatic carbocycles. The fourth-order valence-electron chi connectivity index (χ4n) is 4.30. The second-order valence-electron chi connectivity index (χ2n) is 9.23. The number of amides is 2. The molecule has 0 aliphatic rings. The van der Waals surface area contributed by atoms with E-state index in [1.54, 1.807) is 54.6 Å². The minimum Gasteiger partial charge on any atom is -0.493 e. The third-order valence-corrected chi connectivity index (χ3v) is 8.51. The van der Waals surface area contributed by atoms with Crippen LogP contribution in [-0.2, 0) is 26.2 Å². The topological polar surface area (TPSA) is 105 Å². The third kappa shape index (κ3) is 7.92. The fourth-order valence-corrected chi connectivity index (χ4v) is 5.85. The number of ether oxygens (including phenoxy) is 2. The molecule has 0 bridgehead atoms. The number of carbonyl (C=O) groups excluding carboxylic acids is 2. The third-order valence-electron chi connectivity index (χ3n) is 6.47. The summed E-state index contributed by atoms with van der Waals surface area (Å²) >= 11 is 6.06. The molecule has 0 aliphatic carbocycles. The number of carbonyl (C=O) groups is 2. The van der Waals surface area contributed by atoms with Gasteiger partial charge in [-0.25, -0.2) is 8.42 Å². The van der Waals surface area contributed by atoms with Gasteiger partial charge in [-0.2, -0.15) is 0 Å². The van der Waals surface area contributed by atoms with Crippen molar-refractivity contribution in [3.8, 4) is 11.5 Å². The van der Waals surface area contributed by atoms with Crippen molar-refractivity contribution in [3.63, 3.8) is 0 Å². The number of methoxy groups -OCH3 is 2. The normalized spacial score (nSPS) is 11.8. The molecule has 1 atom stereocenters. The molecule has 9 nitrogen and oxygen atoms in total. The van der Waals surface area contributed by atoms with Crippen molar-refractivity contribution in [2.75, 3.05) is 31.6 Å². The summed E-state index contributed by atoms with van der Waals surface area (Å²) in [7, 11) is -1.28. The van der Waals surface area contributed by atoms with E-state index in [1.807, 2.05) is 13.8 Å². The molecular weight excluding hydrogens is 566 g/mol. The van der Waals surface area contributed by atoms with Crippen LogP contribution in [0.4, 0.5) is 5.69 Å². The highest BCUT2D eigenvalue weighted by molar-refractivity contribution is 7.92. The lowest BCUT2D eigenvalue weighted by atomic mass is 10.1. The monoisotopic (exact) mass is 601 g/mol. The molecule has 0 saturated carbocycles. The lowest BCUT2D eigenvalue weighted by Gasteiger charge is -2.33. The van der Waals surface area contributed by atoms with Crippen molar-refractivity contribution in [1.29, 1.82) is 0 Å². The Bertz CT molecular complexity index is 1420. The van der Waals surface area contributed by atoms with Gasteiger partial charge in [-0.1, -0.05) is 55.8 Å². The van der Waals surface area contributed by atoms with E-state index in [-0.39, 0.29) is 23.0 Å². The number of hydrogen-bond acceptors (Lipinski definition) is 6. The molecular formula is C30H36ClN3O6S. The molecule has 0 aromatic heterocycles. The number of halogens is 1. The van der Waals surface area contributed by atoms with E-state index in [1.165, 1.54) is 37.3 Å². The summed E-state index contributed by atoms with van der Waals surface area (Å²) in [5.41, 5.74) is 0.947. The molecule has 0 spiro atoms. The van der Waals surface area contributed by atoms with Crippen LogP contribution in [0.25, 0.3) is 0 Å². The zero-order chi connectivity index (χ0) is 30.0. The SMILES string of the molecule is CCCNC(=O)C(CC)N(Cc1ccc(Cl)cc1)C(=O)CN(c1ccc(OC)c(OC)c1)S(=O)(=O)c1ccccc1. The average molecular weight is 602 g/mol. The van der Waals surface area contributed by atoms with Crippen LogP contribution in [0.5, 0.6) is 11.5 Å². The Hall–Kier alpha value is -3.76. The highest BCUT2D eigenvalue weighted by Gasteiger charge is 2.34. The second-order valence-corrected chi connectivity index (χ2v) is 11.5. The van der Waals surface area contributed by atoms with Gasteiger partial charge < -0.3 is 19.7 Å². The molecule has 1 unspecified atom stereocenters. The van der Waals surface area contributed by atoms with Crippen molar-refractivity contribution in [2.45, 2.75) is 44.2 Å². The summed E-state index contributed by atoms with van der Waals surface area (Å²) in [4.78, 5) is 28.7. The lowest BCUT2D eigenvalue weighted by Crippen LogP contribution is -2.52. The molecule has 1 N–H and O–H groups in total. The largest absolute Gasteiger partial charge is 0.493 e. The molecule has 0 saturated heterocycles. The summed E-state index contributed by atoms with van der Waals surface area (Å²) < 4.78 is 39.6. The van der Waals surface area contributed by atoms with Crippen LogP contribution >= 0.6 is 11.6 Å². The first-order valence-electron chi connectivity index (χ1n) is 13.3. The quantitative estimate of drug-likeness (QED) is 0.282. The first-order valence-corrected chi connectivity index (χ1v) is 15.1. The van der Waals surface area contributed by atoms with E-state index in [9.17, 15) is 18.0 Å². The number of hydrogen-bond donors (Lipinski definition) is 1. The van der Waals surface area contributed by atoms with E-state index in [0.29, 0.717) is 29.5 Å². The lowest BCUT2D eigenvalue weighted by molar-refractivity contribution is -0.140. The standard InChI is InChI=1S/C30H36ClN3O6S/c1-5-18-32-30(36)26(6-2)33(20-22-12-14-23(31)15-13-22)29(35)21-34(41(37,38)25-10-8-7-9-11-25)24-16-17-27(39-3)28(19-24)40-4/h7-17,19,26H,5-6,18,20-21H2,1-4H3,(H,32,36). The summed E-state index contributed by atoms with van der Waals surface area (Å²) in [6, 6.07) is 18.6. The molecule has 41 heavy (non-hydrogen) atoms. The van der Waals surface area contributed by atoms with Crippen LogP contribution in [0.1, 0.15) is 32.3 Å². The minimum absolute atomic E-state index is 0.0135. The van der Waals surface area contributed by atoms with Gasteiger partial charge in [-0.05, 0) is 54.8 Å². The van der Waals surface area contributed by atoms with Gasteiger partial charge in [0.25, 0.3) is 10.0 Å². The molecule has 0 heterocycles. The summed E-state index contributed by atoms with van der Waals surface area (Å²) in [5.74, 6) is -0.148. The van der Waals surface area contributed by atoms with Crippen LogP contribution in [0, 0.1) is 0 Å². The maximum Gasteiger partial charge on any atom is 0.264 e. The highest BCUT2D eigenvalue weighted by Crippen LogP contribution is 2.34. The number of benzene rings is 3. The number of sulfonamides is 1. The molecule has 3 rings (SSSR count). The molecule has 0 aliphatic heterocycles. The van der Waals surface area contributed by atoms with Crippen molar-refractivity contribution >= 4 is 39.1 Å². The van der Waals surface area contributed by atoms with Gasteiger partial charge in [-0.15, -0.1) is 0 Å². The number of anilines is 1. The Morgan fingerprint density at radius 2 is 1.59 bits per heavy atom. The van der Waals surface area contributed by atoms with E-state index >= 15 is 0 Å². The van der Waals surface area contributed by atoms with Crippen LogP contribution in [-0.4, -0.2) is 58.5 Å². The smallest absolute Gasteiger partial charge is 0.264 e. The first kappa shape index (κ1) is 31.8. The maximum atomic E-state index is 14.1. The Morgan fingerprint density at radius 1 is 0.927 bits per heavy atom. The Morgan fingerprint density at radius 3 is 2.17 bits per heavy atom. The van der Waals surface area contributed by atoms with E-state index in [4.69, 9.17) is 21.1 Å². The van der Waals surface area contributed by atoms with Crippen LogP contribution in [0.15, 0.2) is 77.7 Å². The van der Waals surface area contributed by atoms with Gasteiger partial charge in [0.15, 0.2) is 11.5 Å². The number of nitrogens with zero attached hydrogens (tertiary/aromatic N) is 2. The Kier molecular flexibility index (Phi) is 11.4. The Labute approximate surface area is 247 Å². The zero-order valence-corrected chi connectivity index (χ0v) is 25.2. The molecule has 0 radical (unpaired) electrons. The highest BCUT2D eigenvalue weighted by atomic mass is 35.5. The van der Waals surface area contributed by atoms with Crippen molar-refractivity contribution < 1.29 is 27.5 Å². The van der Waals surface area contributed by atoms with E-state index < -0.39 is 28.5 Å². The zero-order valence-electron chi connectivity index (χ0n) is 23.7. The summed E-state index contributed by atoms with van der Waals surface area (Å²) in [5, 5.41) is 3.40. The van der Waals surface area contributed by atoms with Crippen LogP contribution in [0.2, 0.25) is 5.02 Å². The van der Waals surface area contributed by atoms with Gasteiger partial charge in [0.2, 0.25) is 11.8 Å². The van der Waals surface area contributed by atoms with Gasteiger partial charge in [0, 0.05) is 24.2 Å². The van der Waals surface area contributed by atoms with E-state index in [2.05, 4.69) is 5.32 Å². The maximum absolute atomic E-state index is 14.1.